The SMILES string of the molecule is C[N+]1(Cc2ccc(I)cn2)CCN(C(=S)Nc2cccc(S([NH-])(=O)=O)c2)CC1. The van der Waals surface area contributed by atoms with Crippen molar-refractivity contribution in [2.45, 2.75) is 11.4 Å². The molecule has 2 heterocycles. The molecular weight excluding hydrogens is 509 g/mol. The van der Waals surface area contributed by atoms with E-state index in [-0.39, 0.29) is 4.90 Å². The number of nitrogens with one attached hydrogen (secondary N) is 2. The minimum atomic E-state index is -3.99. The van der Waals surface area contributed by atoms with E-state index >= 15 is 0 Å². The van der Waals surface area contributed by atoms with Crippen LogP contribution in [0.25, 0.3) is 5.14 Å². The summed E-state index contributed by atoms with van der Waals surface area (Å²) in [5, 5.41) is 10.9. The molecule has 10 heteroatoms. The summed E-state index contributed by atoms with van der Waals surface area (Å²) in [6, 6.07) is 10.3. The number of sulfonamides is 1. The topological polar surface area (TPSA) is 86.1 Å². The Hall–Kier alpha value is -1.34. The lowest BCUT2D eigenvalue weighted by atomic mass is 10.2. The van der Waals surface area contributed by atoms with Crippen molar-refractivity contribution in [3.05, 3.63) is 57.0 Å². The predicted molar refractivity (Wildman–Crippen MR) is 122 cm³/mol. The molecule has 0 unspecified atom stereocenters. The van der Waals surface area contributed by atoms with Crippen molar-refractivity contribution in [2.75, 3.05) is 38.5 Å². The Morgan fingerprint density at radius 1 is 1.32 bits per heavy atom. The van der Waals surface area contributed by atoms with Crippen molar-refractivity contribution in [2.24, 2.45) is 0 Å². The van der Waals surface area contributed by atoms with Crippen molar-refractivity contribution < 1.29 is 12.9 Å². The summed E-state index contributed by atoms with van der Waals surface area (Å²) in [7, 11) is -1.76. The molecule has 0 bridgehead atoms. The smallest absolute Gasteiger partial charge is 0.173 e. The molecule has 0 saturated carbocycles. The van der Waals surface area contributed by atoms with Crippen molar-refractivity contribution in [3.8, 4) is 0 Å². The second-order valence-corrected chi connectivity index (χ2v) is 10.3. The fourth-order valence-corrected chi connectivity index (χ4v) is 4.30. The molecule has 1 saturated heterocycles. The molecule has 2 aromatic rings. The van der Waals surface area contributed by atoms with Crippen LogP contribution in [0.2, 0.25) is 0 Å². The number of benzene rings is 1. The first-order valence-corrected chi connectivity index (χ1v) is 11.7. The Morgan fingerprint density at radius 3 is 2.64 bits per heavy atom. The van der Waals surface area contributed by atoms with E-state index in [4.69, 9.17) is 17.4 Å². The summed E-state index contributed by atoms with van der Waals surface area (Å²) in [5.41, 5.74) is 1.66. The van der Waals surface area contributed by atoms with Gasteiger partial charge in [-0.05, 0) is 65.1 Å². The Morgan fingerprint density at radius 2 is 2.04 bits per heavy atom. The van der Waals surface area contributed by atoms with Crippen LogP contribution in [0.4, 0.5) is 5.69 Å². The van der Waals surface area contributed by atoms with Crippen LogP contribution in [0.3, 0.4) is 0 Å². The monoisotopic (exact) mass is 531 g/mol. The summed E-state index contributed by atoms with van der Waals surface area (Å²) < 4.78 is 24.8. The highest BCUT2D eigenvalue weighted by atomic mass is 127. The first-order valence-electron chi connectivity index (χ1n) is 8.74. The molecule has 7 nitrogen and oxygen atoms in total. The van der Waals surface area contributed by atoms with Crippen molar-refractivity contribution >= 4 is 55.6 Å². The van der Waals surface area contributed by atoms with E-state index in [9.17, 15) is 8.42 Å². The number of quaternary nitrogens is 1. The van der Waals surface area contributed by atoms with Gasteiger partial charge < -0.3 is 19.8 Å². The van der Waals surface area contributed by atoms with Gasteiger partial charge in [-0.2, -0.15) is 0 Å². The van der Waals surface area contributed by atoms with E-state index in [2.05, 4.69) is 57.0 Å². The van der Waals surface area contributed by atoms with Gasteiger partial charge in [0.2, 0.25) is 0 Å². The second-order valence-electron chi connectivity index (χ2n) is 7.14. The maximum atomic E-state index is 11.4. The van der Waals surface area contributed by atoms with Gasteiger partial charge in [0.15, 0.2) is 5.11 Å². The molecule has 2 N–H and O–H groups in total. The van der Waals surface area contributed by atoms with Crippen LogP contribution >= 0.6 is 34.8 Å². The minimum Gasteiger partial charge on any atom is -0.560 e. The summed E-state index contributed by atoms with van der Waals surface area (Å²) >= 11 is 7.77. The van der Waals surface area contributed by atoms with E-state index < -0.39 is 10.0 Å². The number of thiocarbonyl (C=S) groups is 1. The molecule has 0 spiro atoms. The summed E-state index contributed by atoms with van der Waals surface area (Å²) in [6.45, 7) is 4.38. The van der Waals surface area contributed by atoms with Gasteiger partial charge in [0.05, 0.1) is 53.8 Å². The Bertz CT molecular complexity index is 958. The van der Waals surface area contributed by atoms with Gasteiger partial charge in [0.1, 0.15) is 6.54 Å². The van der Waals surface area contributed by atoms with Crippen LogP contribution in [-0.2, 0) is 16.6 Å². The van der Waals surface area contributed by atoms with Crippen LogP contribution < -0.4 is 5.32 Å². The van der Waals surface area contributed by atoms with E-state index in [1.54, 1.807) is 12.1 Å². The highest BCUT2D eigenvalue weighted by Crippen LogP contribution is 2.19. The fourth-order valence-electron chi connectivity index (χ4n) is 3.14. The van der Waals surface area contributed by atoms with E-state index in [0.717, 1.165) is 46.5 Å². The van der Waals surface area contributed by atoms with Crippen LogP contribution in [0.5, 0.6) is 0 Å². The molecule has 0 amide bonds. The fraction of sp³-hybridized carbons (Fsp3) is 0.333. The molecule has 0 atom stereocenters. The highest BCUT2D eigenvalue weighted by molar-refractivity contribution is 14.1. The van der Waals surface area contributed by atoms with E-state index in [1.807, 2.05) is 6.20 Å². The van der Waals surface area contributed by atoms with Crippen LogP contribution in [0.15, 0.2) is 47.5 Å². The summed E-state index contributed by atoms with van der Waals surface area (Å²) in [5.74, 6) is 0. The van der Waals surface area contributed by atoms with Crippen molar-refractivity contribution in [1.29, 1.82) is 0 Å². The normalized spacial score (nSPS) is 16.6. The third-order valence-electron chi connectivity index (χ3n) is 4.83. The standard InChI is InChI=1S/C18H22IN5O2S2/c1-24(13-16-6-5-14(19)12-21-16)9-7-23(8-10-24)18(27)22-15-3-2-4-17(11-15)28(20,25)26/h2-6,11-12H,7-10,13H2,1H3,(H2-,20,22,25,26,27). The zero-order valence-corrected chi connectivity index (χ0v) is 19.2. The molecule has 3 rings (SSSR count). The molecule has 28 heavy (non-hydrogen) atoms. The highest BCUT2D eigenvalue weighted by Gasteiger charge is 2.30. The Balaban J connectivity index is 1.58. The molecule has 150 valence electrons. The van der Waals surface area contributed by atoms with Crippen molar-refractivity contribution in [3.63, 3.8) is 0 Å². The molecule has 1 aromatic carbocycles. The number of piperazine rings is 1. The number of hydrogen-bond acceptors (Lipinski definition) is 4. The van der Waals surface area contributed by atoms with E-state index in [0.29, 0.717) is 10.8 Å². The number of hydrogen-bond donors (Lipinski definition) is 1. The third-order valence-corrected chi connectivity index (χ3v) is 6.71. The number of rotatable bonds is 4. The molecule has 1 aliphatic rings. The van der Waals surface area contributed by atoms with Gasteiger partial charge in [-0.1, -0.05) is 6.07 Å². The number of anilines is 1. The quantitative estimate of drug-likeness (QED) is 0.371. The number of halogens is 1. The van der Waals surface area contributed by atoms with Gasteiger partial charge >= 0.3 is 0 Å². The minimum absolute atomic E-state index is 0.0480. The van der Waals surface area contributed by atoms with Gasteiger partial charge in [-0.25, -0.2) is 8.42 Å². The molecule has 1 aliphatic heterocycles. The molecule has 0 aliphatic carbocycles. The van der Waals surface area contributed by atoms with Gasteiger partial charge in [-0.3, -0.25) is 4.98 Å². The number of nitrogens with zero attached hydrogens (tertiary/aromatic N) is 3. The average molecular weight is 531 g/mol. The summed E-state index contributed by atoms with van der Waals surface area (Å²) in [4.78, 5) is 6.56. The number of pyridine rings is 1. The number of aromatic nitrogens is 1. The third kappa shape index (κ3) is 5.60. The molecule has 0 radical (unpaired) electrons. The van der Waals surface area contributed by atoms with Gasteiger partial charge in [-0.15, -0.1) is 0 Å². The Labute approximate surface area is 184 Å². The van der Waals surface area contributed by atoms with Gasteiger partial charge in [0, 0.05) is 15.5 Å². The molecule has 1 fully saturated rings. The van der Waals surface area contributed by atoms with Gasteiger partial charge in [0.25, 0.3) is 0 Å². The maximum Gasteiger partial charge on any atom is 0.173 e. The number of likely N-dealkylation sites (N-methyl/N-ethyl adjacent to an activating group) is 1. The summed E-state index contributed by atoms with van der Waals surface area (Å²) in [6.07, 6.45) is 1.89. The maximum absolute atomic E-state index is 11.4. The lowest BCUT2D eigenvalue weighted by Gasteiger charge is -2.42. The largest absolute Gasteiger partial charge is 0.560 e. The predicted octanol–water partition coefficient (Wildman–Crippen LogP) is 3.09. The average Bonchev–Trinajstić information content (AvgIpc) is 2.63. The zero-order chi connectivity index (χ0) is 20.4. The van der Waals surface area contributed by atoms with Crippen LogP contribution in [-0.4, -0.2) is 61.1 Å². The molecule has 1 aromatic heterocycles. The van der Waals surface area contributed by atoms with Crippen molar-refractivity contribution in [1.82, 2.24) is 9.88 Å². The Kier molecular flexibility index (Phi) is 6.54. The lowest BCUT2D eigenvalue weighted by Crippen LogP contribution is -2.58. The van der Waals surface area contributed by atoms with Crippen LogP contribution in [0, 0.1) is 3.57 Å². The first kappa shape index (κ1) is 21.4. The zero-order valence-electron chi connectivity index (χ0n) is 15.4. The van der Waals surface area contributed by atoms with Crippen LogP contribution in [0.1, 0.15) is 5.69 Å². The molecular formula is C18H22IN5O2S2. The first-order chi connectivity index (χ1) is 13.1. The lowest BCUT2D eigenvalue weighted by molar-refractivity contribution is -0.926. The second kappa shape index (κ2) is 8.57. The van der Waals surface area contributed by atoms with E-state index in [1.165, 1.54) is 12.1 Å².